The van der Waals surface area contributed by atoms with Gasteiger partial charge in [0.25, 0.3) is 0 Å². The van der Waals surface area contributed by atoms with Crippen LogP contribution in [-0.4, -0.2) is 11.7 Å². The number of rotatable bonds is 11. The van der Waals surface area contributed by atoms with Crippen LogP contribution in [0.4, 0.5) is 0 Å². The summed E-state index contributed by atoms with van der Waals surface area (Å²) in [6, 6.07) is 10.5. The van der Waals surface area contributed by atoms with E-state index < -0.39 is 0 Å². The molecule has 1 aromatic carbocycles. The Labute approximate surface area is 164 Å². The number of hydrogen-bond acceptors (Lipinski definition) is 2. The topological polar surface area (TPSA) is 12.5 Å². The summed E-state index contributed by atoms with van der Waals surface area (Å²) in [6.07, 6.45) is 14.4. The molecule has 1 aliphatic heterocycles. The number of unbranched alkanes of at least 4 members (excludes halogenated alkanes) is 1. The SMILES string of the molecule is C/C(=C\CC/C=C/Sc1ccccc1)CC/C=C(\C)CCC1OC1(C)C. The quantitative estimate of drug-likeness (QED) is 0.171. The summed E-state index contributed by atoms with van der Waals surface area (Å²) < 4.78 is 5.65. The lowest BCUT2D eigenvalue weighted by Gasteiger charge is -2.02. The molecule has 1 saturated heterocycles. The number of ether oxygens (including phenoxy) is 1. The maximum absolute atomic E-state index is 5.65. The number of thioether (sulfide) groups is 1. The first-order valence-electron chi connectivity index (χ1n) is 9.83. The van der Waals surface area contributed by atoms with Gasteiger partial charge in [-0.05, 0) is 83.8 Å². The highest BCUT2D eigenvalue weighted by Gasteiger charge is 2.46. The molecule has 0 bridgehead atoms. The van der Waals surface area contributed by atoms with Gasteiger partial charge in [-0.15, -0.1) is 0 Å². The molecule has 0 aliphatic carbocycles. The first kappa shape index (κ1) is 21.1. The average molecular weight is 371 g/mol. The van der Waals surface area contributed by atoms with Gasteiger partial charge in [-0.25, -0.2) is 0 Å². The molecule has 1 heterocycles. The van der Waals surface area contributed by atoms with E-state index in [2.05, 4.69) is 81.7 Å². The van der Waals surface area contributed by atoms with Gasteiger partial charge in [0, 0.05) is 4.90 Å². The Morgan fingerprint density at radius 3 is 2.35 bits per heavy atom. The minimum Gasteiger partial charge on any atom is -0.367 e. The van der Waals surface area contributed by atoms with E-state index in [0.717, 1.165) is 25.7 Å². The Hall–Kier alpha value is -1.25. The van der Waals surface area contributed by atoms with Gasteiger partial charge < -0.3 is 4.74 Å². The molecule has 0 N–H and O–H groups in total. The number of hydrogen-bond donors (Lipinski definition) is 0. The summed E-state index contributed by atoms with van der Waals surface area (Å²) in [6.45, 7) is 8.87. The number of allylic oxidation sites excluding steroid dienone is 5. The minimum atomic E-state index is 0.133. The lowest BCUT2D eigenvalue weighted by molar-refractivity contribution is 0.320. The van der Waals surface area contributed by atoms with Crippen LogP contribution in [0.1, 0.15) is 66.2 Å². The summed E-state index contributed by atoms with van der Waals surface area (Å²) >= 11 is 1.79. The predicted molar refractivity (Wildman–Crippen MR) is 116 cm³/mol. The average Bonchev–Trinajstić information content (AvgIpc) is 3.24. The van der Waals surface area contributed by atoms with Crippen molar-refractivity contribution in [3.05, 3.63) is 65.1 Å². The normalized spacial score (nSPS) is 19.9. The third-order valence-corrected chi connectivity index (χ3v) is 5.74. The van der Waals surface area contributed by atoms with Crippen molar-refractivity contribution in [1.29, 1.82) is 0 Å². The van der Waals surface area contributed by atoms with E-state index in [-0.39, 0.29) is 5.60 Å². The van der Waals surface area contributed by atoms with Crippen LogP contribution in [0.5, 0.6) is 0 Å². The van der Waals surface area contributed by atoms with Gasteiger partial charge in [-0.2, -0.15) is 0 Å². The van der Waals surface area contributed by atoms with Crippen molar-refractivity contribution in [2.24, 2.45) is 0 Å². The zero-order valence-electron chi connectivity index (χ0n) is 16.8. The van der Waals surface area contributed by atoms with Crippen LogP contribution >= 0.6 is 11.8 Å². The Morgan fingerprint density at radius 1 is 1.00 bits per heavy atom. The molecule has 26 heavy (non-hydrogen) atoms. The molecule has 0 aromatic heterocycles. The molecule has 1 unspecified atom stereocenters. The maximum Gasteiger partial charge on any atom is 0.0892 e. The van der Waals surface area contributed by atoms with E-state index in [1.54, 1.807) is 11.8 Å². The van der Waals surface area contributed by atoms with Crippen LogP contribution in [-0.2, 0) is 4.74 Å². The zero-order chi connectivity index (χ0) is 18.8. The van der Waals surface area contributed by atoms with Crippen molar-refractivity contribution >= 4 is 11.8 Å². The van der Waals surface area contributed by atoms with E-state index in [9.17, 15) is 0 Å². The molecule has 0 saturated carbocycles. The Balaban J connectivity index is 1.54. The smallest absolute Gasteiger partial charge is 0.0892 e. The van der Waals surface area contributed by atoms with E-state index in [0.29, 0.717) is 6.10 Å². The van der Waals surface area contributed by atoms with Crippen molar-refractivity contribution in [3.8, 4) is 0 Å². The second kappa shape index (κ2) is 10.8. The summed E-state index contributed by atoms with van der Waals surface area (Å²) in [5, 5.41) is 2.20. The largest absolute Gasteiger partial charge is 0.367 e. The number of epoxide rings is 1. The van der Waals surface area contributed by atoms with Crippen molar-refractivity contribution in [2.75, 3.05) is 0 Å². The van der Waals surface area contributed by atoms with E-state index in [1.165, 1.54) is 28.9 Å². The summed E-state index contributed by atoms with van der Waals surface area (Å²) in [4.78, 5) is 1.30. The molecule has 1 aromatic rings. The molecule has 0 amide bonds. The molecule has 2 heteroatoms. The van der Waals surface area contributed by atoms with Gasteiger partial charge in [0.2, 0.25) is 0 Å². The van der Waals surface area contributed by atoms with Crippen molar-refractivity contribution < 1.29 is 4.74 Å². The van der Waals surface area contributed by atoms with Gasteiger partial charge in [-0.1, -0.05) is 59.3 Å². The fourth-order valence-corrected chi connectivity index (χ4v) is 3.67. The lowest BCUT2D eigenvalue weighted by atomic mass is 10.0. The number of benzene rings is 1. The van der Waals surface area contributed by atoms with Gasteiger partial charge in [0.05, 0.1) is 11.7 Å². The Kier molecular flexibility index (Phi) is 8.74. The summed E-state index contributed by atoms with van der Waals surface area (Å²) in [7, 11) is 0. The van der Waals surface area contributed by atoms with Crippen LogP contribution in [0.15, 0.2) is 70.0 Å². The van der Waals surface area contributed by atoms with Gasteiger partial charge in [0.1, 0.15) is 0 Å². The first-order chi connectivity index (χ1) is 12.5. The van der Waals surface area contributed by atoms with Gasteiger partial charge in [-0.3, -0.25) is 0 Å². The highest BCUT2D eigenvalue weighted by molar-refractivity contribution is 8.02. The summed E-state index contributed by atoms with van der Waals surface area (Å²) in [5.41, 5.74) is 3.14. The van der Waals surface area contributed by atoms with Gasteiger partial charge in [0.15, 0.2) is 0 Å². The highest BCUT2D eigenvalue weighted by Crippen LogP contribution is 2.38. The molecular weight excluding hydrogens is 336 g/mol. The molecular formula is C24H34OS. The van der Waals surface area contributed by atoms with Crippen molar-refractivity contribution in [1.82, 2.24) is 0 Å². The highest BCUT2D eigenvalue weighted by atomic mass is 32.2. The molecule has 0 radical (unpaired) electrons. The molecule has 1 fully saturated rings. The molecule has 0 spiro atoms. The maximum atomic E-state index is 5.65. The van der Waals surface area contributed by atoms with Crippen LogP contribution in [0, 0.1) is 0 Å². The van der Waals surface area contributed by atoms with Crippen molar-refractivity contribution in [2.45, 2.75) is 82.8 Å². The Morgan fingerprint density at radius 2 is 1.65 bits per heavy atom. The van der Waals surface area contributed by atoms with Crippen molar-refractivity contribution in [3.63, 3.8) is 0 Å². The van der Waals surface area contributed by atoms with Crippen LogP contribution in [0.25, 0.3) is 0 Å². The second-order valence-electron chi connectivity index (χ2n) is 7.77. The van der Waals surface area contributed by atoms with Crippen LogP contribution in [0.3, 0.4) is 0 Å². The fraction of sp³-hybridized carbons (Fsp3) is 0.500. The van der Waals surface area contributed by atoms with E-state index in [1.807, 2.05) is 0 Å². The molecule has 1 aliphatic rings. The Bertz CT molecular complexity index is 625. The zero-order valence-corrected chi connectivity index (χ0v) is 17.6. The third kappa shape index (κ3) is 8.42. The first-order valence-corrected chi connectivity index (χ1v) is 10.7. The fourth-order valence-electron chi connectivity index (χ4n) is 2.97. The summed E-state index contributed by atoms with van der Waals surface area (Å²) in [5.74, 6) is 0. The lowest BCUT2D eigenvalue weighted by Crippen LogP contribution is -2.02. The molecule has 142 valence electrons. The minimum absolute atomic E-state index is 0.133. The van der Waals surface area contributed by atoms with Gasteiger partial charge >= 0.3 is 0 Å². The monoisotopic (exact) mass is 370 g/mol. The molecule has 1 atom stereocenters. The molecule has 2 rings (SSSR count). The van der Waals surface area contributed by atoms with E-state index >= 15 is 0 Å². The van der Waals surface area contributed by atoms with Crippen LogP contribution < -0.4 is 0 Å². The molecule has 1 nitrogen and oxygen atoms in total. The van der Waals surface area contributed by atoms with E-state index in [4.69, 9.17) is 4.74 Å². The predicted octanol–water partition coefficient (Wildman–Crippen LogP) is 7.70. The van der Waals surface area contributed by atoms with Crippen LogP contribution in [0.2, 0.25) is 0 Å². The third-order valence-electron chi connectivity index (χ3n) is 4.87. The second-order valence-corrected chi connectivity index (χ2v) is 8.75. The standard InChI is InChI=1S/C24H34OS/c1-20(12-7-6-10-19-26-22-15-8-5-9-16-22)13-11-14-21(2)17-18-23-24(3,4)25-23/h5,8-10,12,14-16,19,23H,6-7,11,13,17-18H2,1-4H3/b19-10+,20-12+,21-14+.